The topological polar surface area (TPSA) is 62.7 Å². The maximum atomic E-state index is 4.58. The highest BCUT2D eigenvalue weighted by molar-refractivity contribution is 7.18. The molecule has 3 aromatic rings. The van der Waals surface area contributed by atoms with Gasteiger partial charge in [-0.15, -0.1) is 22.7 Å². The number of aryl methyl sites for hydroxylation is 1. The predicted octanol–water partition coefficient (Wildman–Crippen LogP) is 3.54. The Labute approximate surface area is 131 Å². The third-order valence-corrected chi connectivity index (χ3v) is 4.75. The molecule has 0 radical (unpaired) electrons. The summed E-state index contributed by atoms with van der Waals surface area (Å²) in [7, 11) is 0. The molecule has 0 saturated carbocycles. The number of thiazole rings is 1. The van der Waals surface area contributed by atoms with Gasteiger partial charge in [-0.05, 0) is 19.9 Å². The van der Waals surface area contributed by atoms with E-state index in [4.69, 9.17) is 0 Å². The molecule has 5 nitrogen and oxygen atoms in total. The molecule has 0 spiro atoms. The Bertz CT molecular complexity index is 720. The highest BCUT2D eigenvalue weighted by atomic mass is 32.1. The van der Waals surface area contributed by atoms with E-state index in [0.717, 1.165) is 40.6 Å². The van der Waals surface area contributed by atoms with Gasteiger partial charge >= 0.3 is 0 Å². The average Bonchev–Trinajstić information content (AvgIpc) is 3.07. The van der Waals surface area contributed by atoms with Gasteiger partial charge in [-0.25, -0.2) is 9.97 Å². The first-order valence-electron chi connectivity index (χ1n) is 6.90. The fourth-order valence-electron chi connectivity index (χ4n) is 2.08. The number of nitrogens with one attached hydrogen (secondary N) is 2. The zero-order valence-corrected chi connectivity index (χ0v) is 13.6. The Morgan fingerprint density at radius 2 is 2.14 bits per heavy atom. The van der Waals surface area contributed by atoms with Crippen molar-refractivity contribution < 1.29 is 0 Å². The van der Waals surface area contributed by atoms with Gasteiger partial charge in [0.1, 0.15) is 10.6 Å². The second-order valence-electron chi connectivity index (χ2n) is 4.60. The molecule has 0 aliphatic carbocycles. The van der Waals surface area contributed by atoms with Crippen LogP contribution in [0.5, 0.6) is 0 Å². The summed E-state index contributed by atoms with van der Waals surface area (Å²) in [5.41, 5.74) is 0. The number of fused-ring (bicyclic) bond motifs is 1. The van der Waals surface area contributed by atoms with E-state index >= 15 is 0 Å². The number of thiophene rings is 1. The van der Waals surface area contributed by atoms with Gasteiger partial charge in [-0.1, -0.05) is 0 Å². The largest absolute Gasteiger partial charge is 0.369 e. The van der Waals surface area contributed by atoms with E-state index in [9.17, 15) is 0 Å². The van der Waals surface area contributed by atoms with Crippen molar-refractivity contribution in [1.82, 2.24) is 15.0 Å². The van der Waals surface area contributed by atoms with Crippen LogP contribution in [0.4, 0.5) is 11.8 Å². The van der Waals surface area contributed by atoms with Crippen LogP contribution in [-0.4, -0.2) is 28.0 Å². The number of anilines is 2. The van der Waals surface area contributed by atoms with E-state index < -0.39 is 0 Å². The fourth-order valence-corrected chi connectivity index (χ4v) is 3.58. The van der Waals surface area contributed by atoms with Crippen LogP contribution >= 0.6 is 22.7 Å². The average molecular weight is 319 g/mol. The molecular weight excluding hydrogens is 302 g/mol. The molecule has 2 N–H and O–H groups in total. The van der Waals surface area contributed by atoms with Crippen LogP contribution < -0.4 is 10.6 Å². The van der Waals surface area contributed by atoms with Crippen molar-refractivity contribution in [3.8, 4) is 0 Å². The summed E-state index contributed by atoms with van der Waals surface area (Å²) in [6.45, 7) is 5.77. The summed E-state index contributed by atoms with van der Waals surface area (Å²) in [6, 6.07) is 2.14. The van der Waals surface area contributed by atoms with Crippen LogP contribution in [0.15, 0.2) is 17.6 Å². The van der Waals surface area contributed by atoms with Crippen LogP contribution in [0.25, 0.3) is 10.2 Å². The van der Waals surface area contributed by atoms with Gasteiger partial charge in [0, 0.05) is 36.0 Å². The Kier molecular flexibility index (Phi) is 4.31. The highest BCUT2D eigenvalue weighted by Crippen LogP contribution is 2.29. The molecule has 0 amide bonds. The zero-order valence-electron chi connectivity index (χ0n) is 12.0. The second-order valence-corrected chi connectivity index (χ2v) is 6.82. The van der Waals surface area contributed by atoms with Gasteiger partial charge in [0.05, 0.1) is 10.4 Å². The molecule has 3 aromatic heterocycles. The van der Waals surface area contributed by atoms with Crippen molar-refractivity contribution >= 4 is 44.7 Å². The van der Waals surface area contributed by atoms with Gasteiger partial charge in [0.2, 0.25) is 5.95 Å². The second kappa shape index (κ2) is 6.36. The Morgan fingerprint density at radius 3 is 2.90 bits per heavy atom. The maximum Gasteiger partial charge on any atom is 0.226 e. The highest BCUT2D eigenvalue weighted by Gasteiger charge is 2.10. The smallest absolute Gasteiger partial charge is 0.226 e. The summed E-state index contributed by atoms with van der Waals surface area (Å²) >= 11 is 3.38. The first-order chi connectivity index (χ1) is 10.3. The molecule has 110 valence electrons. The molecule has 7 heteroatoms. The lowest BCUT2D eigenvalue weighted by molar-refractivity contribution is 0.986. The summed E-state index contributed by atoms with van der Waals surface area (Å²) in [5, 5.41) is 10.8. The van der Waals surface area contributed by atoms with Crippen molar-refractivity contribution in [2.45, 2.75) is 20.3 Å². The number of hydrogen-bond donors (Lipinski definition) is 2. The van der Waals surface area contributed by atoms with Gasteiger partial charge in [-0.3, -0.25) is 0 Å². The first kappa shape index (κ1) is 14.2. The van der Waals surface area contributed by atoms with Gasteiger partial charge in [-0.2, -0.15) is 4.98 Å². The third-order valence-electron chi connectivity index (χ3n) is 2.97. The Morgan fingerprint density at radius 1 is 1.24 bits per heavy atom. The van der Waals surface area contributed by atoms with E-state index in [1.54, 1.807) is 22.7 Å². The van der Waals surface area contributed by atoms with Crippen molar-refractivity contribution in [1.29, 1.82) is 0 Å². The molecule has 3 rings (SSSR count). The number of hydrogen-bond acceptors (Lipinski definition) is 7. The number of rotatable bonds is 6. The molecule has 0 aromatic carbocycles. The van der Waals surface area contributed by atoms with E-state index in [-0.39, 0.29) is 0 Å². The minimum Gasteiger partial charge on any atom is -0.369 e. The van der Waals surface area contributed by atoms with Crippen molar-refractivity contribution in [2.24, 2.45) is 0 Å². The normalized spacial score (nSPS) is 11.0. The molecule has 21 heavy (non-hydrogen) atoms. The van der Waals surface area contributed by atoms with Gasteiger partial charge in [0.25, 0.3) is 0 Å². The predicted molar refractivity (Wildman–Crippen MR) is 90.6 cm³/mol. The van der Waals surface area contributed by atoms with Crippen molar-refractivity contribution in [3.63, 3.8) is 0 Å². The van der Waals surface area contributed by atoms with Crippen LogP contribution in [-0.2, 0) is 6.42 Å². The lowest BCUT2D eigenvalue weighted by Gasteiger charge is -2.08. The van der Waals surface area contributed by atoms with E-state index in [1.165, 1.54) is 4.88 Å². The van der Waals surface area contributed by atoms with Gasteiger partial charge < -0.3 is 10.6 Å². The first-order valence-corrected chi connectivity index (χ1v) is 8.60. The Hall–Kier alpha value is -1.73. The fraction of sp³-hybridized carbons (Fsp3) is 0.357. The minimum atomic E-state index is 0.684. The van der Waals surface area contributed by atoms with E-state index in [2.05, 4.69) is 38.6 Å². The van der Waals surface area contributed by atoms with E-state index in [0.29, 0.717) is 5.95 Å². The molecule has 0 unspecified atom stereocenters. The molecule has 0 fully saturated rings. The summed E-state index contributed by atoms with van der Waals surface area (Å²) < 4.78 is 0. The minimum absolute atomic E-state index is 0.684. The van der Waals surface area contributed by atoms with Crippen molar-refractivity contribution in [2.75, 3.05) is 23.7 Å². The summed E-state index contributed by atoms with van der Waals surface area (Å²) in [6.07, 6.45) is 2.75. The molecule has 0 aliphatic heterocycles. The number of nitrogens with zero attached hydrogens (tertiary/aromatic N) is 3. The summed E-state index contributed by atoms with van der Waals surface area (Å²) in [4.78, 5) is 15.7. The quantitative estimate of drug-likeness (QED) is 0.727. The van der Waals surface area contributed by atoms with Crippen molar-refractivity contribution in [3.05, 3.63) is 27.5 Å². The molecule has 0 saturated heterocycles. The molecular formula is C14H17N5S2. The third kappa shape index (κ3) is 3.30. The molecule has 0 aliphatic rings. The van der Waals surface area contributed by atoms with E-state index in [1.807, 2.05) is 18.5 Å². The lowest BCUT2D eigenvalue weighted by Crippen LogP contribution is -2.09. The Balaban J connectivity index is 1.81. The maximum absolute atomic E-state index is 4.58. The van der Waals surface area contributed by atoms with Crippen LogP contribution in [0.3, 0.4) is 0 Å². The standard InChI is InChI=1S/C14H17N5S2/c1-3-15-14-18-12(10-8-9(2)21-13(10)19-14)17-5-4-11-16-6-7-20-11/h6-8H,3-5H2,1-2H3,(H2,15,17,18,19). The molecule has 0 bridgehead atoms. The monoisotopic (exact) mass is 319 g/mol. The van der Waals surface area contributed by atoms with Crippen LogP contribution in [0.2, 0.25) is 0 Å². The summed E-state index contributed by atoms with van der Waals surface area (Å²) in [5.74, 6) is 1.58. The zero-order chi connectivity index (χ0) is 14.7. The molecule has 3 heterocycles. The lowest BCUT2D eigenvalue weighted by atomic mass is 10.3. The van der Waals surface area contributed by atoms with Gasteiger partial charge in [0.15, 0.2) is 0 Å². The molecule has 0 atom stereocenters. The number of aromatic nitrogens is 3. The van der Waals surface area contributed by atoms with Crippen LogP contribution in [0, 0.1) is 6.92 Å². The van der Waals surface area contributed by atoms with Crippen LogP contribution in [0.1, 0.15) is 16.8 Å². The SMILES string of the molecule is CCNc1nc(NCCc2nccs2)c2cc(C)sc2n1.